The van der Waals surface area contributed by atoms with Gasteiger partial charge in [0.1, 0.15) is 0 Å². The third kappa shape index (κ3) is 2.77. The fourth-order valence-corrected chi connectivity index (χ4v) is 2.06. The van der Waals surface area contributed by atoms with Gasteiger partial charge in [-0.25, -0.2) is 4.98 Å². The molecule has 0 atom stereocenters. The van der Waals surface area contributed by atoms with Crippen molar-refractivity contribution in [1.82, 2.24) is 10.1 Å². The fourth-order valence-electron chi connectivity index (χ4n) is 1.83. The van der Waals surface area contributed by atoms with Crippen LogP contribution in [-0.2, 0) is 0 Å². The van der Waals surface area contributed by atoms with Crippen molar-refractivity contribution in [3.63, 3.8) is 0 Å². The number of pyridine rings is 1. The summed E-state index contributed by atoms with van der Waals surface area (Å²) >= 11 is 6.07. The molecule has 3 rings (SSSR count). The molecule has 0 aliphatic rings. The van der Waals surface area contributed by atoms with Gasteiger partial charge < -0.3 is 14.9 Å². The SMILES string of the molecule is O=C(Nc1ncccc1O)c1cc(-c2ccccc2Cl)on1. The van der Waals surface area contributed by atoms with Crippen molar-refractivity contribution in [3.8, 4) is 17.1 Å². The highest BCUT2D eigenvalue weighted by Gasteiger charge is 2.16. The van der Waals surface area contributed by atoms with E-state index in [0.29, 0.717) is 16.3 Å². The predicted molar refractivity (Wildman–Crippen MR) is 80.8 cm³/mol. The molecular formula is C15H10ClN3O3. The lowest BCUT2D eigenvalue weighted by Gasteiger charge is -2.02. The minimum Gasteiger partial charge on any atom is -0.504 e. The maximum absolute atomic E-state index is 12.1. The molecule has 22 heavy (non-hydrogen) atoms. The summed E-state index contributed by atoms with van der Waals surface area (Å²) in [4.78, 5) is 15.9. The highest BCUT2D eigenvalue weighted by molar-refractivity contribution is 6.33. The Kier molecular flexibility index (Phi) is 3.76. The molecule has 2 N–H and O–H groups in total. The molecule has 0 aliphatic carbocycles. The lowest BCUT2D eigenvalue weighted by atomic mass is 10.1. The molecule has 0 saturated carbocycles. The lowest BCUT2D eigenvalue weighted by Crippen LogP contribution is -2.13. The first-order valence-electron chi connectivity index (χ1n) is 6.32. The number of carbonyl (C=O) groups is 1. The fraction of sp³-hybridized carbons (Fsp3) is 0. The van der Waals surface area contributed by atoms with E-state index in [1.165, 1.54) is 18.3 Å². The van der Waals surface area contributed by atoms with Crippen LogP contribution in [0, 0.1) is 0 Å². The van der Waals surface area contributed by atoms with E-state index >= 15 is 0 Å². The largest absolute Gasteiger partial charge is 0.504 e. The van der Waals surface area contributed by atoms with Gasteiger partial charge >= 0.3 is 0 Å². The van der Waals surface area contributed by atoms with E-state index in [1.807, 2.05) is 0 Å². The normalized spacial score (nSPS) is 10.4. The first-order chi connectivity index (χ1) is 10.6. The standard InChI is InChI=1S/C15H10ClN3O3/c16-10-5-2-1-4-9(10)13-8-11(19-22-13)15(21)18-14-12(20)6-3-7-17-14/h1-8,20H,(H,17,18,21). The predicted octanol–water partition coefficient (Wildman–Crippen LogP) is 3.35. The van der Waals surface area contributed by atoms with Crippen LogP contribution in [0.1, 0.15) is 10.5 Å². The summed E-state index contributed by atoms with van der Waals surface area (Å²) in [5.74, 6) is -0.252. The number of hydrogen-bond donors (Lipinski definition) is 2. The van der Waals surface area contributed by atoms with Crippen molar-refractivity contribution in [2.45, 2.75) is 0 Å². The van der Waals surface area contributed by atoms with E-state index < -0.39 is 5.91 Å². The topological polar surface area (TPSA) is 88.2 Å². The van der Waals surface area contributed by atoms with Crippen LogP contribution in [-0.4, -0.2) is 21.2 Å². The minimum atomic E-state index is -0.545. The number of aromatic hydroxyl groups is 1. The molecule has 0 spiro atoms. The molecule has 0 radical (unpaired) electrons. The van der Waals surface area contributed by atoms with Crippen LogP contribution in [0.15, 0.2) is 53.2 Å². The molecule has 1 amide bonds. The summed E-state index contributed by atoms with van der Waals surface area (Å²) in [6.45, 7) is 0. The van der Waals surface area contributed by atoms with Crippen LogP contribution in [0.5, 0.6) is 5.75 Å². The summed E-state index contributed by atoms with van der Waals surface area (Å²) in [7, 11) is 0. The summed E-state index contributed by atoms with van der Waals surface area (Å²) in [5, 5.41) is 16.2. The smallest absolute Gasteiger partial charge is 0.279 e. The highest BCUT2D eigenvalue weighted by atomic mass is 35.5. The van der Waals surface area contributed by atoms with Crippen LogP contribution in [0.2, 0.25) is 5.02 Å². The van der Waals surface area contributed by atoms with Crippen molar-refractivity contribution >= 4 is 23.3 Å². The van der Waals surface area contributed by atoms with Crippen molar-refractivity contribution in [2.24, 2.45) is 0 Å². The molecular weight excluding hydrogens is 306 g/mol. The number of nitrogens with one attached hydrogen (secondary N) is 1. The molecule has 2 heterocycles. The molecule has 2 aromatic heterocycles. The van der Waals surface area contributed by atoms with Crippen LogP contribution in [0.4, 0.5) is 5.82 Å². The molecule has 0 aliphatic heterocycles. The number of aromatic nitrogens is 2. The zero-order valence-electron chi connectivity index (χ0n) is 11.2. The van der Waals surface area contributed by atoms with Crippen molar-refractivity contribution < 1.29 is 14.4 Å². The van der Waals surface area contributed by atoms with Gasteiger partial charge in [-0.1, -0.05) is 28.9 Å². The van der Waals surface area contributed by atoms with Crippen molar-refractivity contribution in [1.29, 1.82) is 0 Å². The van der Waals surface area contributed by atoms with Crippen molar-refractivity contribution in [3.05, 3.63) is 59.4 Å². The van der Waals surface area contributed by atoms with Crippen LogP contribution >= 0.6 is 11.6 Å². The van der Waals surface area contributed by atoms with Gasteiger partial charge in [0.2, 0.25) is 0 Å². The van der Waals surface area contributed by atoms with E-state index in [0.717, 1.165) is 0 Å². The second-order valence-electron chi connectivity index (χ2n) is 4.38. The molecule has 1 aromatic carbocycles. The first kappa shape index (κ1) is 14.1. The Morgan fingerprint density at radius 2 is 2.05 bits per heavy atom. The Balaban J connectivity index is 1.84. The number of carbonyl (C=O) groups excluding carboxylic acids is 1. The minimum absolute atomic E-state index is 0.0507. The van der Waals surface area contributed by atoms with Gasteiger partial charge in [-0.15, -0.1) is 0 Å². The Morgan fingerprint density at radius 3 is 2.82 bits per heavy atom. The molecule has 110 valence electrons. The molecule has 0 bridgehead atoms. The number of rotatable bonds is 3. The maximum atomic E-state index is 12.1. The van der Waals surface area contributed by atoms with Gasteiger partial charge in [0, 0.05) is 17.8 Å². The van der Waals surface area contributed by atoms with E-state index in [9.17, 15) is 9.90 Å². The van der Waals surface area contributed by atoms with E-state index in [-0.39, 0.29) is 17.3 Å². The molecule has 0 fully saturated rings. The third-order valence-electron chi connectivity index (χ3n) is 2.90. The van der Waals surface area contributed by atoms with Gasteiger partial charge in [0.15, 0.2) is 23.0 Å². The number of nitrogens with zero attached hydrogens (tertiary/aromatic N) is 2. The molecule has 3 aromatic rings. The van der Waals surface area contributed by atoms with Crippen molar-refractivity contribution in [2.75, 3.05) is 5.32 Å². The van der Waals surface area contributed by atoms with Crippen LogP contribution in [0.3, 0.4) is 0 Å². The second-order valence-corrected chi connectivity index (χ2v) is 4.79. The Morgan fingerprint density at radius 1 is 1.23 bits per heavy atom. The second kappa shape index (κ2) is 5.87. The third-order valence-corrected chi connectivity index (χ3v) is 3.23. The molecule has 7 heteroatoms. The number of hydrogen-bond acceptors (Lipinski definition) is 5. The highest BCUT2D eigenvalue weighted by Crippen LogP contribution is 2.28. The van der Waals surface area contributed by atoms with Crippen LogP contribution in [0.25, 0.3) is 11.3 Å². The summed E-state index contributed by atoms with van der Waals surface area (Å²) in [5.41, 5.74) is 0.691. The maximum Gasteiger partial charge on any atom is 0.279 e. The number of amides is 1. The monoisotopic (exact) mass is 315 g/mol. The lowest BCUT2D eigenvalue weighted by molar-refractivity contribution is 0.101. The Hall–Kier alpha value is -2.86. The van der Waals surface area contributed by atoms with Gasteiger partial charge in [0.05, 0.1) is 5.02 Å². The van der Waals surface area contributed by atoms with E-state index in [2.05, 4.69) is 15.5 Å². The Labute approximate surface area is 130 Å². The molecule has 0 unspecified atom stereocenters. The zero-order valence-corrected chi connectivity index (χ0v) is 11.9. The average Bonchev–Trinajstić information content (AvgIpc) is 3.00. The average molecular weight is 316 g/mol. The Bertz CT molecular complexity index is 832. The number of benzene rings is 1. The number of anilines is 1. The van der Waals surface area contributed by atoms with Gasteiger partial charge in [-0.3, -0.25) is 4.79 Å². The van der Waals surface area contributed by atoms with Gasteiger partial charge in [-0.05, 0) is 24.3 Å². The summed E-state index contributed by atoms with van der Waals surface area (Å²) in [6.07, 6.45) is 1.45. The molecule has 0 saturated heterocycles. The zero-order chi connectivity index (χ0) is 15.5. The van der Waals surface area contributed by atoms with Crippen LogP contribution < -0.4 is 5.32 Å². The first-order valence-corrected chi connectivity index (χ1v) is 6.70. The van der Waals surface area contributed by atoms with E-state index in [4.69, 9.17) is 16.1 Å². The van der Waals surface area contributed by atoms with Gasteiger partial charge in [0.25, 0.3) is 5.91 Å². The van der Waals surface area contributed by atoms with E-state index in [1.54, 1.807) is 30.3 Å². The summed E-state index contributed by atoms with van der Waals surface area (Å²) < 4.78 is 5.14. The quantitative estimate of drug-likeness (QED) is 0.773. The number of halogens is 1. The molecule has 6 nitrogen and oxygen atoms in total. The summed E-state index contributed by atoms with van der Waals surface area (Å²) in [6, 6.07) is 11.5. The van der Waals surface area contributed by atoms with Gasteiger partial charge in [-0.2, -0.15) is 0 Å².